The molecule has 1 heterocycles. The van der Waals surface area contributed by atoms with Crippen molar-refractivity contribution in [3.05, 3.63) is 113 Å². The zero-order valence-corrected chi connectivity index (χ0v) is 22.8. The summed E-state index contributed by atoms with van der Waals surface area (Å²) in [5.41, 5.74) is 1.33. The first-order valence-corrected chi connectivity index (χ1v) is 12.8. The number of hydrogen-bond donors (Lipinski definition) is 2. The topological polar surface area (TPSA) is 106 Å². The summed E-state index contributed by atoms with van der Waals surface area (Å²) < 4.78 is 16.3. The second kappa shape index (κ2) is 11.8. The highest BCUT2D eigenvalue weighted by Crippen LogP contribution is 2.33. The molecule has 0 aromatic heterocycles. The van der Waals surface area contributed by atoms with Gasteiger partial charge in [0.2, 0.25) is 0 Å². The number of nitrogens with one attached hydrogen (secondary N) is 2. The van der Waals surface area contributed by atoms with Crippen molar-refractivity contribution in [1.29, 1.82) is 0 Å². The third-order valence-corrected chi connectivity index (χ3v) is 6.50. The van der Waals surface area contributed by atoms with E-state index < -0.39 is 17.7 Å². The maximum absolute atomic E-state index is 13.3. The van der Waals surface area contributed by atoms with Gasteiger partial charge in [0.05, 0.1) is 25.6 Å². The first-order valence-electron chi connectivity index (χ1n) is 12.4. The minimum Gasteiger partial charge on any atom is -0.497 e. The van der Waals surface area contributed by atoms with Crippen molar-refractivity contribution < 1.29 is 28.6 Å². The highest BCUT2D eigenvalue weighted by Gasteiger charge is 2.39. The lowest BCUT2D eigenvalue weighted by Crippen LogP contribution is -2.32. The minimum atomic E-state index is -0.671. The quantitative estimate of drug-likeness (QED) is 0.232. The van der Waals surface area contributed by atoms with Crippen molar-refractivity contribution >= 4 is 46.4 Å². The highest BCUT2D eigenvalue weighted by atomic mass is 35.5. The number of benzene rings is 4. The zero-order chi connectivity index (χ0) is 28.9. The van der Waals surface area contributed by atoms with Crippen LogP contribution in [0.5, 0.6) is 23.0 Å². The Morgan fingerprint density at radius 3 is 2.17 bits per heavy atom. The van der Waals surface area contributed by atoms with E-state index in [4.69, 9.17) is 25.8 Å². The number of ether oxygens (including phenoxy) is 3. The van der Waals surface area contributed by atoms with Crippen LogP contribution in [-0.4, -0.2) is 31.9 Å². The maximum atomic E-state index is 13.3. The third-order valence-electron chi connectivity index (χ3n) is 6.15. The van der Waals surface area contributed by atoms with Crippen molar-refractivity contribution in [2.45, 2.75) is 0 Å². The molecule has 41 heavy (non-hydrogen) atoms. The van der Waals surface area contributed by atoms with Crippen molar-refractivity contribution in [3.63, 3.8) is 0 Å². The molecule has 3 amide bonds. The van der Waals surface area contributed by atoms with Crippen molar-refractivity contribution in [2.24, 2.45) is 0 Å². The maximum Gasteiger partial charge on any atom is 0.283 e. The monoisotopic (exact) mass is 569 g/mol. The second-order valence-corrected chi connectivity index (χ2v) is 9.15. The largest absolute Gasteiger partial charge is 0.497 e. The molecule has 9 nitrogen and oxygen atoms in total. The normalized spacial score (nSPS) is 12.8. The van der Waals surface area contributed by atoms with E-state index in [0.717, 1.165) is 4.90 Å². The molecule has 10 heteroatoms. The molecule has 0 spiro atoms. The summed E-state index contributed by atoms with van der Waals surface area (Å²) in [6.45, 7) is 0. The molecule has 0 bridgehead atoms. The summed E-state index contributed by atoms with van der Waals surface area (Å²) in [4.78, 5) is 40.2. The van der Waals surface area contributed by atoms with Gasteiger partial charge < -0.3 is 24.8 Å². The lowest BCUT2D eigenvalue weighted by atomic mass is 10.1. The van der Waals surface area contributed by atoms with Gasteiger partial charge in [0.15, 0.2) is 0 Å². The Hall–Kier alpha value is -5.28. The lowest BCUT2D eigenvalue weighted by molar-refractivity contribution is -0.120. The van der Waals surface area contributed by atoms with E-state index in [1.807, 2.05) is 30.3 Å². The third kappa shape index (κ3) is 5.85. The summed E-state index contributed by atoms with van der Waals surface area (Å²) in [6.07, 6.45) is 0. The number of halogens is 1. The van der Waals surface area contributed by atoms with E-state index >= 15 is 0 Å². The lowest BCUT2D eigenvalue weighted by Gasteiger charge is -2.16. The minimum absolute atomic E-state index is 0.103. The molecule has 0 saturated carbocycles. The molecule has 2 N–H and O–H groups in total. The van der Waals surface area contributed by atoms with Crippen molar-refractivity contribution in [2.75, 3.05) is 29.8 Å². The van der Waals surface area contributed by atoms with Crippen LogP contribution in [0.4, 0.5) is 17.1 Å². The fraction of sp³-hybridized carbons (Fsp3) is 0.0645. The van der Waals surface area contributed by atoms with Crippen molar-refractivity contribution in [3.8, 4) is 23.0 Å². The van der Waals surface area contributed by atoms with E-state index in [0.29, 0.717) is 45.6 Å². The van der Waals surface area contributed by atoms with Gasteiger partial charge in [-0.25, -0.2) is 4.90 Å². The molecule has 0 aliphatic carbocycles. The number of anilines is 3. The van der Waals surface area contributed by atoms with Crippen LogP contribution in [0.2, 0.25) is 0 Å². The summed E-state index contributed by atoms with van der Waals surface area (Å²) in [6, 6.07) is 27.2. The summed E-state index contributed by atoms with van der Waals surface area (Å²) in [7, 11) is 3.02. The Balaban J connectivity index is 1.30. The van der Waals surface area contributed by atoms with Gasteiger partial charge >= 0.3 is 0 Å². The fourth-order valence-corrected chi connectivity index (χ4v) is 4.34. The fourth-order valence-electron chi connectivity index (χ4n) is 4.12. The number of rotatable bonds is 9. The van der Waals surface area contributed by atoms with Gasteiger partial charge in [-0.1, -0.05) is 35.9 Å². The molecule has 0 radical (unpaired) electrons. The zero-order valence-electron chi connectivity index (χ0n) is 22.0. The Morgan fingerprint density at radius 1 is 0.756 bits per heavy atom. The van der Waals surface area contributed by atoms with Crippen LogP contribution in [0.1, 0.15) is 10.4 Å². The smallest absolute Gasteiger partial charge is 0.283 e. The number of carbonyl (C=O) groups excluding carboxylic acids is 3. The van der Waals surface area contributed by atoms with E-state index in [2.05, 4.69) is 10.6 Å². The van der Waals surface area contributed by atoms with E-state index in [9.17, 15) is 14.4 Å². The van der Waals surface area contributed by atoms with Crippen molar-refractivity contribution in [1.82, 2.24) is 0 Å². The highest BCUT2D eigenvalue weighted by molar-refractivity contribution is 6.53. The number of carbonyl (C=O) groups is 3. The molecule has 4 aromatic carbocycles. The van der Waals surface area contributed by atoms with Crippen LogP contribution in [-0.2, 0) is 9.59 Å². The predicted octanol–water partition coefficient (Wildman–Crippen LogP) is 6.18. The predicted molar refractivity (Wildman–Crippen MR) is 156 cm³/mol. The molecule has 0 atom stereocenters. The van der Waals surface area contributed by atoms with Gasteiger partial charge in [-0.2, -0.15) is 0 Å². The summed E-state index contributed by atoms with van der Waals surface area (Å²) in [5.74, 6) is 0.475. The van der Waals surface area contributed by atoms with E-state index in [-0.39, 0.29) is 10.7 Å². The molecular formula is C31H24ClN3O6. The first-order chi connectivity index (χ1) is 19.9. The molecule has 1 aliphatic heterocycles. The van der Waals surface area contributed by atoms with Gasteiger partial charge in [-0.05, 0) is 66.7 Å². The SMILES string of the molecule is COc1ccc(OC)c(NC(=O)c2cccc(NC3=C(Cl)C(=O)N(c4ccc(Oc5ccccc5)cc4)C3=O)c2)c1. The molecular weight excluding hydrogens is 546 g/mol. The first kappa shape index (κ1) is 27.3. The van der Waals surface area contributed by atoms with Crippen LogP contribution < -0.4 is 29.7 Å². The molecule has 0 saturated heterocycles. The van der Waals surface area contributed by atoms with Crippen LogP contribution >= 0.6 is 11.6 Å². The van der Waals surface area contributed by atoms with Crippen LogP contribution in [0.25, 0.3) is 0 Å². The van der Waals surface area contributed by atoms with Crippen LogP contribution in [0, 0.1) is 0 Å². The molecule has 0 fully saturated rings. The molecule has 206 valence electrons. The molecule has 4 aromatic rings. The van der Waals surface area contributed by atoms with Crippen LogP contribution in [0.15, 0.2) is 108 Å². The van der Waals surface area contributed by atoms with Gasteiger partial charge in [0, 0.05) is 17.3 Å². The standard InChI is InChI=1S/C31H24ClN3O6/c1-39-24-15-16-26(40-2)25(18-24)34-29(36)19-7-6-8-20(17-19)33-28-27(32)30(37)35(31(28)38)21-11-13-23(14-12-21)41-22-9-4-3-5-10-22/h3-18,33H,1-2H3,(H,34,36). The number of nitrogens with zero attached hydrogens (tertiary/aromatic N) is 1. The van der Waals surface area contributed by atoms with Crippen LogP contribution in [0.3, 0.4) is 0 Å². The van der Waals surface area contributed by atoms with E-state index in [1.54, 1.807) is 60.7 Å². The van der Waals surface area contributed by atoms with Gasteiger partial charge in [-0.3, -0.25) is 14.4 Å². The van der Waals surface area contributed by atoms with Gasteiger partial charge in [-0.15, -0.1) is 0 Å². The van der Waals surface area contributed by atoms with E-state index in [1.165, 1.54) is 20.3 Å². The molecule has 5 rings (SSSR count). The molecule has 0 unspecified atom stereocenters. The summed E-state index contributed by atoms with van der Waals surface area (Å²) >= 11 is 6.30. The number of para-hydroxylation sites is 1. The number of methoxy groups -OCH3 is 2. The summed E-state index contributed by atoms with van der Waals surface area (Å²) in [5, 5.41) is 5.43. The Bertz CT molecular complexity index is 1650. The second-order valence-electron chi connectivity index (χ2n) is 8.77. The number of amides is 3. The Morgan fingerprint density at radius 2 is 1.46 bits per heavy atom. The number of hydrogen-bond acceptors (Lipinski definition) is 7. The average molecular weight is 570 g/mol. The average Bonchev–Trinajstić information content (AvgIpc) is 3.21. The van der Waals surface area contributed by atoms with Gasteiger partial charge in [0.25, 0.3) is 17.7 Å². The van der Waals surface area contributed by atoms with Gasteiger partial charge in [0.1, 0.15) is 33.7 Å². The number of imide groups is 1. The Kier molecular flexibility index (Phi) is 7.89. The molecule has 1 aliphatic rings. The Labute approximate surface area is 240 Å².